The smallest absolute Gasteiger partial charge is 0.139 e. The Labute approximate surface area is 124 Å². The molecule has 108 valence electrons. The number of aromatic nitrogens is 1. The van der Waals surface area contributed by atoms with Gasteiger partial charge in [0.1, 0.15) is 18.1 Å². The van der Waals surface area contributed by atoms with E-state index in [1.165, 1.54) is 0 Å². The van der Waals surface area contributed by atoms with Gasteiger partial charge >= 0.3 is 0 Å². The van der Waals surface area contributed by atoms with Crippen molar-refractivity contribution >= 4 is 0 Å². The van der Waals surface area contributed by atoms with Crippen LogP contribution in [0.4, 0.5) is 0 Å². The van der Waals surface area contributed by atoms with Gasteiger partial charge in [-0.05, 0) is 25.1 Å². The van der Waals surface area contributed by atoms with E-state index in [2.05, 4.69) is 16.8 Å². The first kappa shape index (κ1) is 14.9. The molecular formula is C17H18N2O2. The molecule has 1 aromatic carbocycles. The highest BCUT2D eigenvalue weighted by molar-refractivity contribution is 5.39. The van der Waals surface area contributed by atoms with Crippen molar-refractivity contribution in [3.05, 3.63) is 53.3 Å². The van der Waals surface area contributed by atoms with Crippen LogP contribution in [0, 0.1) is 18.8 Å². The Balaban J connectivity index is 2.11. The fourth-order valence-corrected chi connectivity index (χ4v) is 1.90. The van der Waals surface area contributed by atoms with Gasteiger partial charge in [0, 0.05) is 17.3 Å². The molecule has 4 heteroatoms. The van der Waals surface area contributed by atoms with Gasteiger partial charge in [0.05, 0.1) is 19.9 Å². The lowest BCUT2D eigenvalue weighted by molar-refractivity contribution is 0.295. The Bertz CT molecular complexity index is 672. The highest BCUT2D eigenvalue weighted by atomic mass is 16.5. The Kier molecular flexibility index (Phi) is 5.19. The molecule has 0 unspecified atom stereocenters. The first-order valence-electron chi connectivity index (χ1n) is 6.63. The molecule has 2 aromatic rings. The molecule has 0 radical (unpaired) electrons. The van der Waals surface area contributed by atoms with Gasteiger partial charge in [-0.1, -0.05) is 23.5 Å². The molecule has 1 heterocycles. The fraction of sp³-hybridized carbons (Fsp3) is 0.235. The maximum Gasteiger partial charge on any atom is 0.139 e. The van der Waals surface area contributed by atoms with E-state index in [9.17, 15) is 0 Å². The van der Waals surface area contributed by atoms with Crippen LogP contribution in [0.5, 0.6) is 11.5 Å². The first-order valence-corrected chi connectivity index (χ1v) is 6.63. The molecular weight excluding hydrogens is 264 g/mol. The Hall–Kier alpha value is -2.51. The van der Waals surface area contributed by atoms with Gasteiger partial charge in [0.15, 0.2) is 0 Å². The molecule has 4 nitrogen and oxygen atoms in total. The minimum Gasteiger partial charge on any atom is -0.496 e. The van der Waals surface area contributed by atoms with Crippen molar-refractivity contribution in [2.24, 2.45) is 5.73 Å². The molecule has 1 aromatic heterocycles. The third-order valence-corrected chi connectivity index (χ3v) is 2.88. The van der Waals surface area contributed by atoms with E-state index in [-0.39, 0.29) is 0 Å². The van der Waals surface area contributed by atoms with Crippen LogP contribution in [0.3, 0.4) is 0 Å². The number of ether oxygens (including phenoxy) is 2. The number of nitrogens with two attached hydrogens (primary N) is 1. The summed E-state index contributed by atoms with van der Waals surface area (Å²) in [4.78, 5) is 4.11. The maximum absolute atomic E-state index is 5.77. The number of rotatable bonds is 4. The second-order valence-electron chi connectivity index (χ2n) is 4.52. The van der Waals surface area contributed by atoms with Crippen molar-refractivity contribution in [2.75, 3.05) is 13.7 Å². The van der Waals surface area contributed by atoms with Crippen LogP contribution in [-0.4, -0.2) is 18.6 Å². The molecule has 0 atom stereocenters. The molecule has 0 fully saturated rings. The molecule has 0 spiro atoms. The monoisotopic (exact) mass is 282 g/mol. The predicted molar refractivity (Wildman–Crippen MR) is 82.2 cm³/mol. The van der Waals surface area contributed by atoms with Crippen molar-refractivity contribution in [3.63, 3.8) is 0 Å². The van der Waals surface area contributed by atoms with Crippen LogP contribution in [0.2, 0.25) is 0 Å². The minimum atomic E-state index is 0.325. The van der Waals surface area contributed by atoms with Crippen LogP contribution in [0.25, 0.3) is 0 Å². The van der Waals surface area contributed by atoms with E-state index in [0.717, 1.165) is 22.4 Å². The summed E-state index contributed by atoms with van der Waals surface area (Å²) in [7, 11) is 1.65. The van der Waals surface area contributed by atoms with Gasteiger partial charge in [-0.15, -0.1) is 0 Å². The molecule has 0 saturated heterocycles. The number of nitrogens with zero attached hydrogens (tertiary/aromatic N) is 1. The molecule has 0 aliphatic rings. The van der Waals surface area contributed by atoms with E-state index in [4.69, 9.17) is 15.2 Å². The standard InChI is InChI=1S/C17H18N2O2/c1-13-5-6-17(20-2)15(8-13)12-21-16-9-14(4-3-7-18)10-19-11-16/h5-6,8-11H,7,12,18H2,1-2H3. The first-order chi connectivity index (χ1) is 10.2. The zero-order chi connectivity index (χ0) is 15.1. The Morgan fingerprint density at radius 2 is 2.10 bits per heavy atom. The zero-order valence-corrected chi connectivity index (χ0v) is 12.2. The molecule has 21 heavy (non-hydrogen) atoms. The molecule has 2 rings (SSSR count). The minimum absolute atomic E-state index is 0.325. The van der Waals surface area contributed by atoms with Crippen molar-refractivity contribution in [1.29, 1.82) is 0 Å². The number of hydrogen-bond acceptors (Lipinski definition) is 4. The zero-order valence-electron chi connectivity index (χ0n) is 12.2. The van der Waals surface area contributed by atoms with Gasteiger partial charge in [0.2, 0.25) is 0 Å². The molecule has 0 aliphatic heterocycles. The summed E-state index contributed by atoms with van der Waals surface area (Å²) in [5.41, 5.74) is 8.30. The summed E-state index contributed by atoms with van der Waals surface area (Å²) in [6, 6.07) is 7.84. The van der Waals surface area contributed by atoms with Crippen molar-refractivity contribution in [1.82, 2.24) is 4.98 Å². The SMILES string of the molecule is COc1ccc(C)cc1COc1cncc(C#CCN)c1. The van der Waals surface area contributed by atoms with Crippen LogP contribution in [0.1, 0.15) is 16.7 Å². The van der Waals surface area contributed by atoms with Crippen LogP contribution >= 0.6 is 0 Å². The van der Waals surface area contributed by atoms with E-state index in [1.807, 2.05) is 31.2 Å². The lowest BCUT2D eigenvalue weighted by Crippen LogP contribution is -2.00. The molecule has 0 amide bonds. The van der Waals surface area contributed by atoms with Gasteiger partial charge in [-0.3, -0.25) is 4.98 Å². The number of benzene rings is 1. The summed E-state index contributed by atoms with van der Waals surface area (Å²) in [5, 5.41) is 0. The van der Waals surface area contributed by atoms with E-state index < -0.39 is 0 Å². The second-order valence-corrected chi connectivity index (χ2v) is 4.52. The summed E-state index contributed by atoms with van der Waals surface area (Å²) in [6.45, 7) is 2.78. The predicted octanol–water partition coefficient (Wildman–Crippen LogP) is 2.29. The lowest BCUT2D eigenvalue weighted by atomic mass is 10.1. The quantitative estimate of drug-likeness (QED) is 0.874. The van der Waals surface area contributed by atoms with E-state index >= 15 is 0 Å². The number of pyridine rings is 1. The van der Waals surface area contributed by atoms with E-state index in [0.29, 0.717) is 18.9 Å². The Morgan fingerprint density at radius 3 is 2.86 bits per heavy atom. The van der Waals surface area contributed by atoms with Crippen molar-refractivity contribution in [3.8, 4) is 23.3 Å². The lowest BCUT2D eigenvalue weighted by Gasteiger charge is -2.11. The average molecular weight is 282 g/mol. The topological polar surface area (TPSA) is 57.4 Å². The van der Waals surface area contributed by atoms with Crippen LogP contribution < -0.4 is 15.2 Å². The number of hydrogen-bond donors (Lipinski definition) is 1. The van der Waals surface area contributed by atoms with Gasteiger partial charge in [0.25, 0.3) is 0 Å². The maximum atomic E-state index is 5.77. The molecule has 0 saturated carbocycles. The third kappa shape index (κ3) is 4.23. The third-order valence-electron chi connectivity index (χ3n) is 2.88. The number of methoxy groups -OCH3 is 1. The molecule has 0 aliphatic carbocycles. The summed E-state index contributed by atoms with van der Waals surface area (Å²) in [6.07, 6.45) is 3.35. The summed E-state index contributed by atoms with van der Waals surface area (Å²) >= 11 is 0. The van der Waals surface area contributed by atoms with E-state index in [1.54, 1.807) is 19.5 Å². The van der Waals surface area contributed by atoms with Crippen LogP contribution in [0.15, 0.2) is 36.7 Å². The second kappa shape index (κ2) is 7.32. The summed E-state index contributed by atoms with van der Waals surface area (Å²) < 4.78 is 11.1. The molecule has 0 bridgehead atoms. The van der Waals surface area contributed by atoms with Gasteiger partial charge < -0.3 is 15.2 Å². The van der Waals surface area contributed by atoms with Gasteiger partial charge in [-0.25, -0.2) is 0 Å². The largest absolute Gasteiger partial charge is 0.496 e. The van der Waals surface area contributed by atoms with Crippen molar-refractivity contribution in [2.45, 2.75) is 13.5 Å². The highest BCUT2D eigenvalue weighted by Crippen LogP contribution is 2.22. The fourth-order valence-electron chi connectivity index (χ4n) is 1.90. The summed E-state index contributed by atoms with van der Waals surface area (Å²) in [5.74, 6) is 7.21. The Morgan fingerprint density at radius 1 is 1.24 bits per heavy atom. The average Bonchev–Trinajstić information content (AvgIpc) is 2.51. The van der Waals surface area contributed by atoms with Crippen molar-refractivity contribution < 1.29 is 9.47 Å². The normalized spacial score (nSPS) is 9.67. The number of aryl methyl sites for hydroxylation is 1. The molecule has 2 N–H and O–H groups in total. The highest BCUT2D eigenvalue weighted by Gasteiger charge is 2.05. The van der Waals surface area contributed by atoms with Crippen LogP contribution in [-0.2, 0) is 6.61 Å². The van der Waals surface area contributed by atoms with Gasteiger partial charge in [-0.2, -0.15) is 0 Å².